The van der Waals surface area contributed by atoms with Gasteiger partial charge >= 0.3 is 0 Å². The molecule has 0 fully saturated rings. The fourth-order valence-electron chi connectivity index (χ4n) is 1.52. The molecule has 0 radical (unpaired) electrons. The van der Waals surface area contributed by atoms with E-state index in [4.69, 9.17) is 10.3 Å². The van der Waals surface area contributed by atoms with Gasteiger partial charge in [-0.05, 0) is 28.1 Å². The van der Waals surface area contributed by atoms with Crippen LogP contribution in [0.25, 0.3) is 23.0 Å². The maximum atomic E-state index is 13.5. The number of hydrogen-bond donors (Lipinski definition) is 1. The maximum absolute atomic E-state index is 13.5. The molecule has 0 atom stereocenters. The van der Waals surface area contributed by atoms with E-state index in [2.05, 4.69) is 31.1 Å². The lowest BCUT2D eigenvalue weighted by Crippen LogP contribution is -1.90. The smallest absolute Gasteiger partial charge is 0.277 e. The second-order valence-corrected chi connectivity index (χ2v) is 5.40. The summed E-state index contributed by atoms with van der Waals surface area (Å²) in [6.07, 6.45) is 0. The molecule has 0 amide bonds. The number of hydrogen-bond acceptors (Lipinski definition) is 6. The number of rotatable bonds is 2. The Morgan fingerprint density at radius 1 is 1.25 bits per heavy atom. The van der Waals surface area contributed by atoms with Crippen LogP contribution < -0.4 is 5.73 Å². The molecule has 9 heteroatoms. The van der Waals surface area contributed by atoms with Gasteiger partial charge in [-0.25, -0.2) is 13.8 Å². The summed E-state index contributed by atoms with van der Waals surface area (Å²) in [6.45, 7) is 0. The molecule has 0 unspecified atom stereocenters. The Morgan fingerprint density at radius 2 is 2.05 bits per heavy atom. The fourth-order valence-corrected chi connectivity index (χ4v) is 2.56. The van der Waals surface area contributed by atoms with Gasteiger partial charge in [0.05, 0.1) is 4.47 Å². The Balaban J connectivity index is 2.04. The molecule has 20 heavy (non-hydrogen) atoms. The number of nitrogens with zero attached hydrogens (tertiary/aromatic N) is 3. The van der Waals surface area contributed by atoms with Gasteiger partial charge in [-0.2, -0.15) is 4.98 Å². The highest BCUT2D eigenvalue weighted by molar-refractivity contribution is 9.10. The largest absolute Gasteiger partial charge is 0.375 e. The first-order valence-corrected chi connectivity index (χ1v) is 6.92. The van der Waals surface area contributed by atoms with Crippen molar-refractivity contribution in [1.29, 1.82) is 0 Å². The van der Waals surface area contributed by atoms with Crippen LogP contribution in [0.15, 0.2) is 26.5 Å². The molecule has 1 aromatic carbocycles. The monoisotopic (exact) mass is 358 g/mol. The van der Waals surface area contributed by atoms with Crippen LogP contribution in [0, 0.1) is 11.6 Å². The van der Waals surface area contributed by atoms with Crippen molar-refractivity contribution in [2.75, 3.05) is 5.73 Å². The molecular weight excluding hydrogens is 354 g/mol. The van der Waals surface area contributed by atoms with Crippen LogP contribution in [0.5, 0.6) is 0 Å². The average Bonchev–Trinajstić information content (AvgIpc) is 3.05. The van der Waals surface area contributed by atoms with E-state index in [0.29, 0.717) is 10.8 Å². The summed E-state index contributed by atoms with van der Waals surface area (Å²) >= 11 is 4.20. The highest BCUT2D eigenvalue weighted by atomic mass is 79.9. The van der Waals surface area contributed by atoms with Gasteiger partial charge in [0.1, 0.15) is 5.69 Å². The standard InChI is InChI=1S/C11H5BrF2N4OS/c12-7-4(1-2-5(13)8(7)14)9-17-10(19-18-9)6-3-20-11(15)16-6/h1-3H,(H2,15,16). The van der Waals surface area contributed by atoms with E-state index in [0.717, 1.165) is 6.07 Å². The molecule has 0 bridgehead atoms. The van der Waals surface area contributed by atoms with Gasteiger partial charge in [0.2, 0.25) is 5.82 Å². The minimum Gasteiger partial charge on any atom is -0.375 e. The number of benzene rings is 1. The Labute approximate surface area is 123 Å². The first-order chi connectivity index (χ1) is 9.56. The SMILES string of the molecule is Nc1nc(-c2nc(-c3ccc(F)c(F)c3Br)no2)cs1. The molecule has 0 saturated heterocycles. The Morgan fingerprint density at radius 3 is 2.75 bits per heavy atom. The predicted octanol–water partition coefficient (Wildman–Crippen LogP) is 3.48. The van der Waals surface area contributed by atoms with E-state index in [-0.39, 0.29) is 21.8 Å². The van der Waals surface area contributed by atoms with Gasteiger partial charge in [-0.1, -0.05) is 5.16 Å². The number of nitrogens with two attached hydrogens (primary N) is 1. The van der Waals surface area contributed by atoms with Crippen molar-refractivity contribution in [3.8, 4) is 23.0 Å². The predicted molar refractivity (Wildman–Crippen MR) is 72.9 cm³/mol. The molecule has 2 heterocycles. The lowest BCUT2D eigenvalue weighted by molar-refractivity contribution is 0.431. The molecule has 5 nitrogen and oxygen atoms in total. The fraction of sp³-hybridized carbons (Fsp3) is 0. The summed E-state index contributed by atoms with van der Waals surface area (Å²) in [5, 5.41) is 5.75. The molecule has 3 aromatic rings. The van der Waals surface area contributed by atoms with Crippen LogP contribution in [0.4, 0.5) is 13.9 Å². The second-order valence-electron chi connectivity index (χ2n) is 3.72. The summed E-state index contributed by atoms with van der Waals surface area (Å²) in [6, 6.07) is 2.35. The molecule has 2 N–H and O–H groups in total. The highest BCUT2D eigenvalue weighted by Gasteiger charge is 2.18. The van der Waals surface area contributed by atoms with E-state index < -0.39 is 11.6 Å². The normalized spacial score (nSPS) is 10.9. The second kappa shape index (κ2) is 4.91. The van der Waals surface area contributed by atoms with Crippen LogP contribution in [-0.4, -0.2) is 15.1 Å². The molecule has 0 aliphatic rings. The summed E-state index contributed by atoms with van der Waals surface area (Å²) in [4.78, 5) is 8.08. The van der Waals surface area contributed by atoms with E-state index in [1.165, 1.54) is 17.4 Å². The van der Waals surface area contributed by atoms with E-state index in [1.807, 2.05) is 0 Å². The van der Waals surface area contributed by atoms with Gasteiger partial charge in [0.25, 0.3) is 5.89 Å². The van der Waals surface area contributed by atoms with E-state index in [1.54, 1.807) is 5.38 Å². The summed E-state index contributed by atoms with van der Waals surface area (Å²) in [7, 11) is 0. The van der Waals surface area contributed by atoms with Crippen molar-refractivity contribution in [2.45, 2.75) is 0 Å². The van der Waals surface area contributed by atoms with Gasteiger partial charge in [0, 0.05) is 10.9 Å². The van der Waals surface area contributed by atoms with E-state index in [9.17, 15) is 8.78 Å². The minimum atomic E-state index is -1.01. The highest BCUT2D eigenvalue weighted by Crippen LogP contribution is 2.31. The summed E-state index contributed by atoms with van der Waals surface area (Å²) < 4.78 is 31.5. The molecule has 0 aliphatic heterocycles. The molecule has 0 saturated carbocycles. The van der Waals surface area contributed by atoms with Crippen molar-refractivity contribution >= 4 is 32.4 Å². The average molecular weight is 359 g/mol. The minimum absolute atomic E-state index is 0.0670. The molecule has 2 aromatic heterocycles. The van der Waals surface area contributed by atoms with Crippen LogP contribution >= 0.6 is 27.3 Å². The number of halogens is 3. The zero-order chi connectivity index (χ0) is 14.3. The van der Waals surface area contributed by atoms with Crippen molar-refractivity contribution in [1.82, 2.24) is 15.1 Å². The quantitative estimate of drug-likeness (QED) is 0.709. The van der Waals surface area contributed by atoms with Crippen LogP contribution in [0.2, 0.25) is 0 Å². The topological polar surface area (TPSA) is 77.8 Å². The summed E-state index contributed by atoms with van der Waals surface area (Å²) in [5.41, 5.74) is 6.23. The van der Waals surface area contributed by atoms with Gasteiger partial charge in [-0.15, -0.1) is 11.3 Å². The Kier molecular flexibility index (Phi) is 3.22. The van der Waals surface area contributed by atoms with Gasteiger partial charge in [0.15, 0.2) is 16.8 Å². The molecule has 3 rings (SSSR count). The van der Waals surface area contributed by atoms with Gasteiger partial charge in [-0.3, -0.25) is 0 Å². The van der Waals surface area contributed by atoms with Crippen molar-refractivity contribution in [2.24, 2.45) is 0 Å². The lowest BCUT2D eigenvalue weighted by Gasteiger charge is -2.00. The molecular formula is C11H5BrF2N4OS. The number of anilines is 1. The molecule has 0 spiro atoms. The lowest BCUT2D eigenvalue weighted by atomic mass is 10.2. The third kappa shape index (κ3) is 2.18. The van der Waals surface area contributed by atoms with Crippen LogP contribution in [-0.2, 0) is 0 Å². The number of nitrogen functional groups attached to an aromatic ring is 1. The Hall–Kier alpha value is -1.87. The third-order valence-electron chi connectivity index (χ3n) is 2.44. The summed E-state index contributed by atoms with van der Waals surface area (Å²) in [5.74, 6) is -1.69. The zero-order valence-corrected chi connectivity index (χ0v) is 12.0. The first kappa shape index (κ1) is 13.1. The first-order valence-electron chi connectivity index (χ1n) is 5.25. The van der Waals surface area contributed by atoms with Crippen LogP contribution in [0.3, 0.4) is 0 Å². The molecule has 102 valence electrons. The van der Waals surface area contributed by atoms with Crippen molar-refractivity contribution in [3.05, 3.63) is 33.6 Å². The zero-order valence-electron chi connectivity index (χ0n) is 9.60. The third-order valence-corrected chi connectivity index (χ3v) is 3.89. The van der Waals surface area contributed by atoms with E-state index >= 15 is 0 Å². The van der Waals surface area contributed by atoms with Gasteiger partial charge < -0.3 is 10.3 Å². The van der Waals surface area contributed by atoms with Crippen LogP contribution in [0.1, 0.15) is 0 Å². The Bertz CT molecular complexity index is 789. The number of aromatic nitrogens is 3. The maximum Gasteiger partial charge on any atom is 0.277 e. The number of thiazole rings is 1. The van der Waals surface area contributed by atoms with Crippen molar-refractivity contribution < 1.29 is 13.3 Å². The molecule has 0 aliphatic carbocycles. The van der Waals surface area contributed by atoms with Crippen molar-refractivity contribution in [3.63, 3.8) is 0 Å².